The van der Waals surface area contributed by atoms with E-state index >= 15 is 0 Å². The molecule has 118 valence electrons. The highest BCUT2D eigenvalue weighted by molar-refractivity contribution is 5.01. The number of aromatic nitrogens is 2. The van der Waals surface area contributed by atoms with Gasteiger partial charge in [0.1, 0.15) is 0 Å². The quantitative estimate of drug-likeness (QED) is 0.907. The Balaban J connectivity index is 1.60. The molecule has 2 N–H and O–H groups in total. The van der Waals surface area contributed by atoms with E-state index in [4.69, 9.17) is 10.8 Å². The Kier molecular flexibility index (Phi) is 4.96. The lowest BCUT2D eigenvalue weighted by atomic mass is 9.89. The SMILES string of the molecule is CCC1CCN(Cc2ccn(C3CCCC3)n2)C(CN)C1. The summed E-state index contributed by atoms with van der Waals surface area (Å²) in [7, 11) is 0. The van der Waals surface area contributed by atoms with Crippen LogP contribution in [0.5, 0.6) is 0 Å². The number of piperidine rings is 1. The molecule has 0 spiro atoms. The number of hydrogen-bond donors (Lipinski definition) is 1. The zero-order valence-corrected chi connectivity index (χ0v) is 13.4. The minimum absolute atomic E-state index is 0.542. The van der Waals surface area contributed by atoms with Gasteiger partial charge >= 0.3 is 0 Å². The lowest BCUT2D eigenvalue weighted by Crippen LogP contribution is -2.46. The molecule has 2 heterocycles. The first kappa shape index (κ1) is 15.0. The van der Waals surface area contributed by atoms with Gasteiger partial charge in [-0.1, -0.05) is 26.2 Å². The van der Waals surface area contributed by atoms with Crippen molar-refractivity contribution >= 4 is 0 Å². The predicted octanol–water partition coefficient (Wildman–Crippen LogP) is 2.95. The van der Waals surface area contributed by atoms with Crippen molar-refractivity contribution in [2.75, 3.05) is 13.1 Å². The van der Waals surface area contributed by atoms with Crippen LogP contribution in [0.25, 0.3) is 0 Å². The first-order valence-electron chi connectivity index (χ1n) is 8.78. The zero-order chi connectivity index (χ0) is 14.7. The van der Waals surface area contributed by atoms with Crippen LogP contribution in [0.3, 0.4) is 0 Å². The van der Waals surface area contributed by atoms with Crippen molar-refractivity contribution in [1.82, 2.24) is 14.7 Å². The van der Waals surface area contributed by atoms with Gasteiger partial charge in [-0.05, 0) is 44.2 Å². The molecule has 0 amide bonds. The second-order valence-corrected chi connectivity index (χ2v) is 6.88. The number of likely N-dealkylation sites (tertiary alicyclic amines) is 1. The maximum atomic E-state index is 6.00. The first-order chi connectivity index (χ1) is 10.3. The van der Waals surface area contributed by atoms with E-state index in [0.717, 1.165) is 19.0 Å². The summed E-state index contributed by atoms with van der Waals surface area (Å²) < 4.78 is 2.21. The van der Waals surface area contributed by atoms with Gasteiger partial charge in [0.05, 0.1) is 11.7 Å². The lowest BCUT2D eigenvalue weighted by Gasteiger charge is -2.38. The summed E-state index contributed by atoms with van der Waals surface area (Å²) in [6, 6.07) is 3.40. The third-order valence-corrected chi connectivity index (χ3v) is 5.52. The first-order valence-corrected chi connectivity index (χ1v) is 8.78. The molecule has 2 aliphatic rings. The highest BCUT2D eigenvalue weighted by Crippen LogP contribution is 2.29. The molecule has 2 atom stereocenters. The molecule has 2 unspecified atom stereocenters. The van der Waals surface area contributed by atoms with Crippen LogP contribution in [0.1, 0.15) is 63.6 Å². The topological polar surface area (TPSA) is 47.1 Å². The predicted molar refractivity (Wildman–Crippen MR) is 86.0 cm³/mol. The normalized spacial score (nSPS) is 28.3. The number of nitrogens with two attached hydrogens (primary N) is 1. The Labute approximate surface area is 128 Å². The van der Waals surface area contributed by atoms with Gasteiger partial charge in [0.15, 0.2) is 0 Å². The summed E-state index contributed by atoms with van der Waals surface area (Å²) in [6.45, 7) is 5.23. The Bertz CT molecular complexity index is 436. The minimum Gasteiger partial charge on any atom is -0.329 e. The molecule has 0 aromatic carbocycles. The number of rotatable bonds is 5. The molecule has 4 heteroatoms. The molecule has 0 bridgehead atoms. The lowest BCUT2D eigenvalue weighted by molar-refractivity contribution is 0.106. The fourth-order valence-electron chi connectivity index (χ4n) is 4.05. The van der Waals surface area contributed by atoms with E-state index in [-0.39, 0.29) is 0 Å². The van der Waals surface area contributed by atoms with Crippen molar-refractivity contribution < 1.29 is 0 Å². The molecule has 2 fully saturated rings. The molecule has 1 aliphatic carbocycles. The molecule has 1 saturated heterocycles. The van der Waals surface area contributed by atoms with Gasteiger partial charge in [0, 0.05) is 25.3 Å². The average molecular weight is 290 g/mol. The molecule has 3 rings (SSSR count). The van der Waals surface area contributed by atoms with Crippen molar-refractivity contribution in [3.63, 3.8) is 0 Å². The summed E-state index contributed by atoms with van der Waals surface area (Å²) in [5, 5.41) is 4.83. The standard InChI is InChI=1S/C17H30N4/c1-2-14-7-9-20(17(11-14)12-18)13-15-8-10-21(19-15)16-5-3-4-6-16/h8,10,14,16-17H,2-7,9,11-13,18H2,1H3. The van der Waals surface area contributed by atoms with Crippen LogP contribution in [0.15, 0.2) is 12.3 Å². The molecule has 1 aromatic rings. The Hall–Kier alpha value is -0.870. The van der Waals surface area contributed by atoms with E-state index in [1.165, 1.54) is 57.2 Å². The van der Waals surface area contributed by atoms with Crippen molar-refractivity contribution in [1.29, 1.82) is 0 Å². The molecule has 0 radical (unpaired) electrons. The molecule has 1 aromatic heterocycles. The van der Waals surface area contributed by atoms with Crippen LogP contribution in [0.2, 0.25) is 0 Å². The van der Waals surface area contributed by atoms with E-state index in [9.17, 15) is 0 Å². The van der Waals surface area contributed by atoms with Gasteiger partial charge < -0.3 is 5.73 Å². The average Bonchev–Trinajstić information content (AvgIpc) is 3.18. The smallest absolute Gasteiger partial charge is 0.0765 e. The molecule has 1 saturated carbocycles. The van der Waals surface area contributed by atoms with Crippen molar-refractivity contribution in [2.45, 2.75) is 70.5 Å². The van der Waals surface area contributed by atoms with E-state index in [1.807, 2.05) is 0 Å². The molecule has 21 heavy (non-hydrogen) atoms. The van der Waals surface area contributed by atoms with Gasteiger partial charge in [-0.15, -0.1) is 0 Å². The van der Waals surface area contributed by atoms with Gasteiger partial charge in [0.2, 0.25) is 0 Å². The highest BCUT2D eigenvalue weighted by atomic mass is 15.3. The Morgan fingerprint density at radius 1 is 1.29 bits per heavy atom. The summed E-state index contributed by atoms with van der Waals surface area (Å²) in [4.78, 5) is 2.55. The fraction of sp³-hybridized carbons (Fsp3) is 0.824. The third kappa shape index (κ3) is 3.49. The van der Waals surface area contributed by atoms with Crippen LogP contribution in [-0.2, 0) is 6.54 Å². The highest BCUT2D eigenvalue weighted by Gasteiger charge is 2.27. The van der Waals surface area contributed by atoms with E-state index in [2.05, 4.69) is 28.8 Å². The minimum atomic E-state index is 0.542. The van der Waals surface area contributed by atoms with Gasteiger partial charge in [-0.3, -0.25) is 9.58 Å². The molecule has 1 aliphatic heterocycles. The fourth-order valence-corrected chi connectivity index (χ4v) is 4.05. The zero-order valence-electron chi connectivity index (χ0n) is 13.4. The summed E-state index contributed by atoms with van der Waals surface area (Å²) in [5.41, 5.74) is 7.22. The van der Waals surface area contributed by atoms with Crippen molar-refractivity contribution in [2.24, 2.45) is 11.7 Å². The van der Waals surface area contributed by atoms with E-state index in [1.54, 1.807) is 0 Å². The summed E-state index contributed by atoms with van der Waals surface area (Å²) in [5.74, 6) is 0.867. The van der Waals surface area contributed by atoms with Gasteiger partial charge in [0.25, 0.3) is 0 Å². The summed E-state index contributed by atoms with van der Waals surface area (Å²) >= 11 is 0. The van der Waals surface area contributed by atoms with Crippen LogP contribution >= 0.6 is 0 Å². The van der Waals surface area contributed by atoms with Crippen LogP contribution < -0.4 is 5.73 Å². The second-order valence-electron chi connectivity index (χ2n) is 6.88. The Morgan fingerprint density at radius 2 is 2.10 bits per heavy atom. The second kappa shape index (κ2) is 6.93. The summed E-state index contributed by atoms with van der Waals surface area (Å²) in [6.07, 6.45) is 11.4. The van der Waals surface area contributed by atoms with Gasteiger partial charge in [-0.2, -0.15) is 5.10 Å². The van der Waals surface area contributed by atoms with E-state index in [0.29, 0.717) is 12.1 Å². The van der Waals surface area contributed by atoms with Crippen LogP contribution in [-0.4, -0.2) is 33.8 Å². The molecular weight excluding hydrogens is 260 g/mol. The number of nitrogens with zero attached hydrogens (tertiary/aromatic N) is 3. The maximum absolute atomic E-state index is 6.00. The largest absolute Gasteiger partial charge is 0.329 e. The monoisotopic (exact) mass is 290 g/mol. The molecule has 4 nitrogen and oxygen atoms in total. The van der Waals surface area contributed by atoms with Crippen molar-refractivity contribution in [3.8, 4) is 0 Å². The maximum Gasteiger partial charge on any atom is 0.0765 e. The van der Waals surface area contributed by atoms with Crippen LogP contribution in [0, 0.1) is 5.92 Å². The van der Waals surface area contributed by atoms with Crippen molar-refractivity contribution in [3.05, 3.63) is 18.0 Å². The van der Waals surface area contributed by atoms with Crippen LogP contribution in [0.4, 0.5) is 0 Å². The molecular formula is C17H30N4. The third-order valence-electron chi connectivity index (χ3n) is 5.52. The number of hydrogen-bond acceptors (Lipinski definition) is 3. The van der Waals surface area contributed by atoms with Gasteiger partial charge in [-0.25, -0.2) is 0 Å². The Morgan fingerprint density at radius 3 is 2.81 bits per heavy atom. The van der Waals surface area contributed by atoms with E-state index < -0.39 is 0 Å².